The van der Waals surface area contributed by atoms with Gasteiger partial charge in [0.15, 0.2) is 0 Å². The topological polar surface area (TPSA) is 88.1 Å². The maximum Gasteiger partial charge on any atom is 0.255 e. The zero-order valence-corrected chi connectivity index (χ0v) is 21.0. The van der Waals surface area contributed by atoms with Crippen molar-refractivity contribution in [1.29, 1.82) is 0 Å². The molecule has 0 bridgehead atoms. The molecule has 0 aliphatic rings. The van der Waals surface area contributed by atoms with Crippen LogP contribution in [-0.2, 0) is 21.4 Å². The highest BCUT2D eigenvalue weighted by atomic mass is 35.5. The lowest BCUT2D eigenvalue weighted by atomic mass is 10.2. The van der Waals surface area contributed by atoms with Crippen molar-refractivity contribution in [2.45, 2.75) is 11.4 Å². The van der Waals surface area contributed by atoms with Crippen molar-refractivity contribution < 1.29 is 17.9 Å². The first-order valence-electron chi connectivity index (χ1n) is 9.85. The molecule has 3 aromatic carbocycles. The third kappa shape index (κ3) is 6.71. The minimum atomic E-state index is -4.10. The zero-order valence-electron chi connectivity index (χ0n) is 17.9. The average molecular weight is 541 g/mol. The van der Waals surface area contributed by atoms with Gasteiger partial charge < -0.3 is 4.74 Å². The number of carbonyl (C=O) groups excluding carboxylic acids is 1. The van der Waals surface area contributed by atoms with E-state index in [0.29, 0.717) is 16.3 Å². The molecule has 0 saturated heterocycles. The molecular weight excluding hydrogens is 521 g/mol. The van der Waals surface area contributed by atoms with Crippen molar-refractivity contribution in [3.8, 4) is 5.75 Å². The minimum absolute atomic E-state index is 0.0328. The van der Waals surface area contributed by atoms with E-state index < -0.39 is 22.5 Å². The van der Waals surface area contributed by atoms with Gasteiger partial charge in [-0.25, -0.2) is 13.8 Å². The van der Waals surface area contributed by atoms with E-state index in [4.69, 9.17) is 39.5 Å². The second-order valence-corrected chi connectivity index (χ2v) is 10.2. The number of methoxy groups -OCH3 is 1. The molecule has 34 heavy (non-hydrogen) atoms. The van der Waals surface area contributed by atoms with Gasteiger partial charge in [0.05, 0.1) is 24.8 Å². The van der Waals surface area contributed by atoms with Crippen molar-refractivity contribution in [2.24, 2.45) is 5.10 Å². The van der Waals surface area contributed by atoms with Crippen molar-refractivity contribution in [3.05, 3.63) is 92.9 Å². The van der Waals surface area contributed by atoms with Gasteiger partial charge in [0, 0.05) is 27.2 Å². The van der Waals surface area contributed by atoms with E-state index >= 15 is 0 Å². The first kappa shape index (κ1) is 26.0. The molecule has 0 saturated carbocycles. The first-order valence-corrected chi connectivity index (χ1v) is 12.4. The number of benzene rings is 3. The quantitative estimate of drug-likeness (QED) is 0.306. The average Bonchev–Trinajstić information content (AvgIpc) is 2.81. The number of carbonyl (C=O) groups is 1. The number of nitrogens with one attached hydrogen (secondary N) is 1. The third-order valence-electron chi connectivity index (χ3n) is 4.69. The fraction of sp³-hybridized carbons (Fsp3) is 0.130. The lowest BCUT2D eigenvalue weighted by Crippen LogP contribution is -2.39. The van der Waals surface area contributed by atoms with Gasteiger partial charge in [0.25, 0.3) is 5.91 Å². The number of sulfonamides is 1. The number of hydrazone groups is 1. The maximum absolute atomic E-state index is 13.3. The molecule has 0 fully saturated rings. The van der Waals surface area contributed by atoms with Crippen molar-refractivity contribution in [2.75, 3.05) is 13.7 Å². The number of hydrogen-bond acceptors (Lipinski definition) is 5. The molecule has 0 aliphatic carbocycles. The number of hydrogen-bond donors (Lipinski definition) is 1. The van der Waals surface area contributed by atoms with E-state index in [1.807, 2.05) is 0 Å². The molecule has 0 aromatic heterocycles. The van der Waals surface area contributed by atoms with Gasteiger partial charge in [-0.1, -0.05) is 40.9 Å². The SMILES string of the molecule is COc1ccc(/C=N\NC(=O)CN(Cc2c(Cl)cccc2Cl)S(=O)(=O)c2ccc(Cl)cc2)cc1. The van der Waals surface area contributed by atoms with Crippen LogP contribution >= 0.6 is 34.8 Å². The minimum Gasteiger partial charge on any atom is -0.497 e. The molecule has 7 nitrogen and oxygen atoms in total. The van der Waals surface area contributed by atoms with E-state index in [0.717, 1.165) is 9.87 Å². The molecule has 0 unspecified atom stereocenters. The van der Waals surface area contributed by atoms with E-state index in [1.165, 1.54) is 30.5 Å². The third-order valence-corrected chi connectivity index (χ3v) is 7.45. The Labute approximate surface area is 212 Å². The van der Waals surface area contributed by atoms with Crippen molar-refractivity contribution in [3.63, 3.8) is 0 Å². The van der Waals surface area contributed by atoms with Crippen LogP contribution in [0.2, 0.25) is 15.1 Å². The highest BCUT2D eigenvalue weighted by Crippen LogP contribution is 2.28. The second-order valence-electron chi connectivity index (χ2n) is 6.99. The van der Waals surface area contributed by atoms with Gasteiger partial charge in [-0.05, 0) is 66.2 Å². The summed E-state index contributed by atoms with van der Waals surface area (Å²) in [5, 5.41) is 4.84. The van der Waals surface area contributed by atoms with Gasteiger partial charge in [-0.2, -0.15) is 9.41 Å². The maximum atomic E-state index is 13.3. The van der Waals surface area contributed by atoms with E-state index in [1.54, 1.807) is 49.6 Å². The van der Waals surface area contributed by atoms with Gasteiger partial charge in [-0.15, -0.1) is 0 Å². The van der Waals surface area contributed by atoms with Crippen LogP contribution in [-0.4, -0.2) is 38.5 Å². The molecule has 11 heteroatoms. The molecule has 0 heterocycles. The number of halogens is 3. The summed E-state index contributed by atoms with van der Waals surface area (Å²) in [7, 11) is -2.54. The molecule has 0 radical (unpaired) electrons. The monoisotopic (exact) mass is 539 g/mol. The molecule has 3 aromatic rings. The molecule has 0 spiro atoms. The summed E-state index contributed by atoms with van der Waals surface area (Å²) in [5.74, 6) is 0.0351. The van der Waals surface area contributed by atoms with Crippen LogP contribution in [0.25, 0.3) is 0 Å². The van der Waals surface area contributed by atoms with E-state index in [-0.39, 0.29) is 21.5 Å². The summed E-state index contributed by atoms with van der Waals surface area (Å²) in [5.41, 5.74) is 3.43. The Morgan fingerprint density at radius 2 is 1.62 bits per heavy atom. The molecule has 0 aliphatic heterocycles. The first-order chi connectivity index (χ1) is 16.2. The van der Waals surface area contributed by atoms with Crippen molar-refractivity contribution in [1.82, 2.24) is 9.73 Å². The second kappa shape index (κ2) is 11.7. The Balaban J connectivity index is 1.81. The van der Waals surface area contributed by atoms with Gasteiger partial charge >= 0.3 is 0 Å². The standard InChI is InChI=1S/C23H20Cl3N3O4S/c1-33-18-9-5-16(6-10-18)13-27-28-23(30)15-29(14-20-21(25)3-2-4-22(20)26)34(31,32)19-11-7-17(24)8-12-19/h2-13H,14-15H2,1H3,(H,28,30)/b27-13-. The molecule has 178 valence electrons. The highest BCUT2D eigenvalue weighted by Gasteiger charge is 2.28. The van der Waals surface area contributed by atoms with Gasteiger partial charge in [0.2, 0.25) is 10.0 Å². The van der Waals surface area contributed by atoms with Crippen LogP contribution < -0.4 is 10.2 Å². The summed E-state index contributed by atoms with van der Waals surface area (Å²) in [6.07, 6.45) is 1.43. The van der Waals surface area contributed by atoms with Crippen LogP contribution in [0.15, 0.2) is 76.7 Å². The van der Waals surface area contributed by atoms with Crippen LogP contribution in [0, 0.1) is 0 Å². The Bertz CT molecular complexity index is 1260. The van der Waals surface area contributed by atoms with Crippen LogP contribution in [0.4, 0.5) is 0 Å². The Morgan fingerprint density at radius 1 is 1.00 bits per heavy atom. The molecule has 1 N–H and O–H groups in total. The lowest BCUT2D eigenvalue weighted by Gasteiger charge is -2.22. The summed E-state index contributed by atoms with van der Waals surface area (Å²) in [6.45, 7) is -0.744. The number of rotatable bonds is 9. The molecule has 3 rings (SSSR count). The number of amides is 1. The summed E-state index contributed by atoms with van der Waals surface area (Å²) in [6, 6.07) is 17.5. The predicted octanol–water partition coefficient (Wildman–Crippen LogP) is 5.00. The van der Waals surface area contributed by atoms with E-state index in [2.05, 4.69) is 10.5 Å². The Hall–Kier alpha value is -2.62. The molecule has 1 amide bonds. The van der Waals surface area contributed by atoms with Crippen molar-refractivity contribution >= 4 is 56.9 Å². The zero-order chi connectivity index (χ0) is 24.7. The Morgan fingerprint density at radius 3 is 2.21 bits per heavy atom. The van der Waals surface area contributed by atoms with Crippen LogP contribution in [0.5, 0.6) is 5.75 Å². The number of ether oxygens (including phenoxy) is 1. The van der Waals surface area contributed by atoms with Crippen LogP contribution in [0.3, 0.4) is 0 Å². The summed E-state index contributed by atoms with van der Waals surface area (Å²) < 4.78 is 32.7. The fourth-order valence-corrected chi connectivity index (χ4v) is 4.91. The fourth-order valence-electron chi connectivity index (χ4n) is 2.91. The summed E-state index contributed by atoms with van der Waals surface area (Å²) in [4.78, 5) is 12.6. The normalized spacial score (nSPS) is 11.7. The Kier molecular flexibility index (Phi) is 8.93. The lowest BCUT2D eigenvalue weighted by molar-refractivity contribution is -0.121. The smallest absolute Gasteiger partial charge is 0.255 e. The predicted molar refractivity (Wildman–Crippen MR) is 134 cm³/mol. The highest BCUT2D eigenvalue weighted by molar-refractivity contribution is 7.89. The largest absolute Gasteiger partial charge is 0.497 e. The van der Waals surface area contributed by atoms with Gasteiger partial charge in [0.1, 0.15) is 5.75 Å². The molecule has 0 atom stereocenters. The number of nitrogens with zero attached hydrogens (tertiary/aromatic N) is 2. The van der Waals surface area contributed by atoms with Crippen LogP contribution in [0.1, 0.15) is 11.1 Å². The van der Waals surface area contributed by atoms with E-state index in [9.17, 15) is 13.2 Å². The summed E-state index contributed by atoms with van der Waals surface area (Å²) >= 11 is 18.4. The van der Waals surface area contributed by atoms with Gasteiger partial charge in [-0.3, -0.25) is 4.79 Å². The molecular formula is C23H20Cl3N3O4S.